The van der Waals surface area contributed by atoms with Crippen molar-refractivity contribution in [3.05, 3.63) is 40.8 Å². The SMILES string of the molecule is O=C(c1cccs1)N1C2CC1CN(c1ccc3nncn3n1)C2. The Kier molecular flexibility index (Phi) is 2.69. The minimum absolute atomic E-state index is 0.170. The minimum Gasteiger partial charge on any atom is -0.351 e. The molecule has 3 aliphatic heterocycles. The molecule has 3 aromatic rings. The minimum atomic E-state index is 0.170. The fraction of sp³-hybridized carbons (Fsp3) is 0.333. The molecule has 3 aliphatic rings. The van der Waals surface area contributed by atoms with E-state index in [1.165, 1.54) is 11.3 Å². The molecule has 116 valence electrons. The number of thiophene rings is 1. The highest BCUT2D eigenvalue weighted by Gasteiger charge is 2.47. The van der Waals surface area contributed by atoms with Gasteiger partial charge in [0.05, 0.1) is 17.0 Å². The third-order valence-corrected chi connectivity index (χ3v) is 5.49. The molecule has 3 saturated heterocycles. The van der Waals surface area contributed by atoms with Gasteiger partial charge in [-0.05, 0) is 30.0 Å². The number of rotatable bonds is 2. The summed E-state index contributed by atoms with van der Waals surface area (Å²) >= 11 is 1.51. The molecule has 0 aliphatic carbocycles. The summed E-state index contributed by atoms with van der Waals surface area (Å²) in [4.78, 5) is 17.7. The second-order valence-corrected chi connectivity index (χ2v) is 6.91. The van der Waals surface area contributed by atoms with Crippen LogP contribution in [0, 0.1) is 0 Å². The first-order chi connectivity index (χ1) is 11.3. The van der Waals surface area contributed by atoms with Gasteiger partial charge < -0.3 is 9.80 Å². The highest BCUT2D eigenvalue weighted by atomic mass is 32.1. The summed E-state index contributed by atoms with van der Waals surface area (Å²) < 4.78 is 1.68. The molecule has 6 rings (SSSR count). The van der Waals surface area contributed by atoms with Crippen molar-refractivity contribution in [3.63, 3.8) is 0 Å². The number of anilines is 1. The first kappa shape index (κ1) is 13.0. The number of carbonyl (C=O) groups excluding carboxylic acids is 1. The number of nitrogens with zero attached hydrogens (tertiary/aromatic N) is 6. The monoisotopic (exact) mass is 326 g/mol. The second-order valence-electron chi connectivity index (χ2n) is 5.96. The molecule has 2 atom stereocenters. The second kappa shape index (κ2) is 4.76. The average molecular weight is 326 g/mol. The summed E-state index contributed by atoms with van der Waals surface area (Å²) in [6, 6.07) is 8.28. The van der Waals surface area contributed by atoms with Crippen molar-refractivity contribution in [1.29, 1.82) is 0 Å². The Morgan fingerprint density at radius 1 is 1.22 bits per heavy atom. The van der Waals surface area contributed by atoms with E-state index in [1.807, 2.05) is 34.5 Å². The van der Waals surface area contributed by atoms with Gasteiger partial charge >= 0.3 is 0 Å². The molecular weight excluding hydrogens is 312 g/mol. The molecule has 3 fully saturated rings. The molecule has 7 nitrogen and oxygen atoms in total. The molecule has 2 bridgehead atoms. The number of hydrogen-bond acceptors (Lipinski definition) is 6. The number of amides is 1. The van der Waals surface area contributed by atoms with E-state index < -0.39 is 0 Å². The van der Waals surface area contributed by atoms with Crippen LogP contribution in [-0.2, 0) is 0 Å². The first-order valence-corrected chi connectivity index (χ1v) is 8.46. The Bertz CT molecular complexity index is 863. The number of aromatic nitrogens is 4. The van der Waals surface area contributed by atoms with E-state index in [2.05, 4.69) is 20.2 Å². The van der Waals surface area contributed by atoms with Crippen molar-refractivity contribution >= 4 is 28.7 Å². The van der Waals surface area contributed by atoms with E-state index in [9.17, 15) is 4.79 Å². The zero-order valence-corrected chi connectivity index (χ0v) is 13.1. The quantitative estimate of drug-likeness (QED) is 0.710. The summed E-state index contributed by atoms with van der Waals surface area (Å²) in [5.41, 5.74) is 0.741. The molecule has 0 saturated carbocycles. The van der Waals surface area contributed by atoms with E-state index in [4.69, 9.17) is 0 Å². The fourth-order valence-corrected chi connectivity index (χ4v) is 4.21. The van der Waals surface area contributed by atoms with Gasteiger partial charge in [-0.2, -0.15) is 4.52 Å². The molecular formula is C15H14N6OS. The maximum Gasteiger partial charge on any atom is 0.264 e. The Balaban J connectivity index is 1.37. The molecule has 23 heavy (non-hydrogen) atoms. The predicted molar refractivity (Wildman–Crippen MR) is 85.7 cm³/mol. The first-order valence-electron chi connectivity index (χ1n) is 7.58. The van der Waals surface area contributed by atoms with E-state index in [0.29, 0.717) is 0 Å². The Labute approximate surface area is 136 Å². The smallest absolute Gasteiger partial charge is 0.264 e. The van der Waals surface area contributed by atoms with Crippen LogP contribution in [0.2, 0.25) is 0 Å². The van der Waals surface area contributed by atoms with Crippen LogP contribution in [0.15, 0.2) is 36.0 Å². The Morgan fingerprint density at radius 3 is 2.87 bits per heavy atom. The van der Waals surface area contributed by atoms with Gasteiger partial charge in [0.2, 0.25) is 0 Å². The highest BCUT2D eigenvalue weighted by molar-refractivity contribution is 7.12. The number of piperazine rings is 1. The van der Waals surface area contributed by atoms with Gasteiger partial charge in [0.25, 0.3) is 5.91 Å². The van der Waals surface area contributed by atoms with Crippen LogP contribution in [0.25, 0.3) is 5.65 Å². The zero-order chi connectivity index (χ0) is 15.4. The number of hydrogen-bond donors (Lipinski definition) is 0. The molecule has 3 aromatic heterocycles. The summed E-state index contributed by atoms with van der Waals surface area (Å²) in [7, 11) is 0. The maximum atomic E-state index is 12.6. The van der Waals surface area contributed by atoms with Crippen LogP contribution in [0.4, 0.5) is 5.82 Å². The summed E-state index contributed by atoms with van der Waals surface area (Å²) in [5, 5.41) is 14.3. The number of carbonyl (C=O) groups is 1. The standard InChI is InChI=1S/C15H14N6OS/c22-15(12-2-1-5-23-12)21-10-6-11(21)8-19(7-10)14-4-3-13-17-16-9-20(13)18-14/h1-5,9-11H,6-8H2. The van der Waals surface area contributed by atoms with Crippen molar-refractivity contribution in [2.45, 2.75) is 18.5 Å². The van der Waals surface area contributed by atoms with Crippen LogP contribution in [0.5, 0.6) is 0 Å². The summed E-state index contributed by atoms with van der Waals surface area (Å²) in [6.07, 6.45) is 2.69. The maximum absolute atomic E-state index is 12.6. The molecule has 0 spiro atoms. The predicted octanol–water partition coefficient (Wildman–Crippen LogP) is 1.29. The van der Waals surface area contributed by atoms with E-state index in [1.54, 1.807) is 10.8 Å². The van der Waals surface area contributed by atoms with E-state index in [-0.39, 0.29) is 18.0 Å². The Hall–Kier alpha value is -2.48. The summed E-state index contributed by atoms with van der Waals surface area (Å²) in [6.45, 7) is 1.66. The lowest BCUT2D eigenvalue weighted by molar-refractivity contribution is 0.00617. The van der Waals surface area contributed by atoms with E-state index in [0.717, 1.165) is 35.9 Å². The van der Waals surface area contributed by atoms with Crippen LogP contribution in [-0.4, -0.2) is 55.8 Å². The highest BCUT2D eigenvalue weighted by Crippen LogP contribution is 2.35. The normalized spacial score (nSPS) is 23.1. The zero-order valence-electron chi connectivity index (χ0n) is 12.2. The third-order valence-electron chi connectivity index (χ3n) is 4.63. The van der Waals surface area contributed by atoms with Gasteiger partial charge in [-0.1, -0.05) is 6.07 Å². The topological polar surface area (TPSA) is 66.6 Å². The average Bonchev–Trinajstić information content (AvgIpc) is 3.25. The van der Waals surface area contributed by atoms with Crippen molar-refractivity contribution in [2.24, 2.45) is 0 Å². The molecule has 0 aromatic carbocycles. The van der Waals surface area contributed by atoms with Crippen LogP contribution < -0.4 is 4.90 Å². The molecule has 0 N–H and O–H groups in total. The van der Waals surface area contributed by atoms with Gasteiger partial charge in [0.1, 0.15) is 12.1 Å². The Morgan fingerprint density at radius 2 is 2.09 bits per heavy atom. The van der Waals surface area contributed by atoms with Crippen molar-refractivity contribution < 1.29 is 4.79 Å². The fourth-order valence-electron chi connectivity index (χ4n) is 3.54. The lowest BCUT2D eigenvalue weighted by Gasteiger charge is -2.56. The van der Waals surface area contributed by atoms with Crippen molar-refractivity contribution in [1.82, 2.24) is 24.7 Å². The van der Waals surface area contributed by atoms with E-state index >= 15 is 0 Å². The molecule has 2 unspecified atom stereocenters. The lowest BCUT2D eigenvalue weighted by atomic mass is 9.87. The number of fused-ring (bicyclic) bond motifs is 3. The largest absolute Gasteiger partial charge is 0.351 e. The van der Waals surface area contributed by atoms with Gasteiger partial charge in [-0.25, -0.2) is 0 Å². The van der Waals surface area contributed by atoms with Crippen LogP contribution >= 0.6 is 11.3 Å². The van der Waals surface area contributed by atoms with Crippen LogP contribution in [0.3, 0.4) is 0 Å². The summed E-state index contributed by atoms with van der Waals surface area (Å²) in [5.74, 6) is 1.08. The molecule has 8 heteroatoms. The lowest BCUT2D eigenvalue weighted by Crippen LogP contribution is -2.70. The number of piperidine rings is 1. The molecule has 0 radical (unpaired) electrons. The molecule has 1 amide bonds. The molecule has 6 heterocycles. The van der Waals surface area contributed by atoms with Gasteiger partial charge in [-0.15, -0.1) is 26.6 Å². The third kappa shape index (κ3) is 1.94. The van der Waals surface area contributed by atoms with Crippen LogP contribution in [0.1, 0.15) is 16.1 Å². The van der Waals surface area contributed by atoms with Gasteiger partial charge in [-0.3, -0.25) is 4.79 Å². The van der Waals surface area contributed by atoms with Gasteiger partial charge in [0, 0.05) is 13.1 Å². The van der Waals surface area contributed by atoms with Crippen molar-refractivity contribution in [3.8, 4) is 0 Å². The van der Waals surface area contributed by atoms with Gasteiger partial charge in [0.15, 0.2) is 5.65 Å². The van der Waals surface area contributed by atoms with Crippen molar-refractivity contribution in [2.75, 3.05) is 18.0 Å².